The van der Waals surface area contributed by atoms with Crippen LogP contribution in [0.1, 0.15) is 38.2 Å². The summed E-state index contributed by atoms with van der Waals surface area (Å²) in [5, 5.41) is 1.16. The van der Waals surface area contributed by atoms with Gasteiger partial charge >= 0.3 is 0 Å². The molecule has 1 aromatic carbocycles. The zero-order chi connectivity index (χ0) is 12.8. The second-order valence-corrected chi connectivity index (χ2v) is 4.55. The molecular weight excluding hydrogens is 222 g/mol. The zero-order valence-corrected chi connectivity index (χ0v) is 10.8. The third kappa shape index (κ3) is 3.10. The summed E-state index contributed by atoms with van der Waals surface area (Å²) in [6, 6.07) is 8.11. The maximum Gasteiger partial charge on any atom is 0.155 e. The molecule has 0 saturated heterocycles. The van der Waals surface area contributed by atoms with Gasteiger partial charge in [-0.05, 0) is 30.2 Å². The van der Waals surface area contributed by atoms with E-state index in [9.17, 15) is 4.79 Å². The Labute approximate surface area is 108 Å². The maximum atomic E-state index is 11.7. The largest absolute Gasteiger partial charge is 0.361 e. The van der Waals surface area contributed by atoms with E-state index < -0.39 is 0 Å². The van der Waals surface area contributed by atoms with Gasteiger partial charge in [0.05, 0.1) is 0 Å². The lowest BCUT2D eigenvalue weighted by Crippen LogP contribution is -1.91. The summed E-state index contributed by atoms with van der Waals surface area (Å²) in [5.41, 5.74) is 2.19. The van der Waals surface area contributed by atoms with E-state index in [-0.39, 0.29) is 5.78 Å². The normalized spacial score (nSPS) is 11.4. The van der Waals surface area contributed by atoms with E-state index in [2.05, 4.69) is 18.0 Å². The molecule has 2 rings (SSSR count). The Morgan fingerprint density at radius 2 is 2.11 bits per heavy atom. The molecule has 1 aromatic heterocycles. The smallest absolute Gasteiger partial charge is 0.155 e. The van der Waals surface area contributed by atoms with Gasteiger partial charge in [0.2, 0.25) is 0 Å². The van der Waals surface area contributed by atoms with Gasteiger partial charge in [0.15, 0.2) is 5.78 Å². The van der Waals surface area contributed by atoms with E-state index in [1.807, 2.05) is 30.5 Å². The number of nitrogens with one attached hydrogen (secondary N) is 1. The Hall–Kier alpha value is -1.83. The fourth-order valence-electron chi connectivity index (χ4n) is 2.05. The summed E-state index contributed by atoms with van der Waals surface area (Å²) in [7, 11) is 0. The van der Waals surface area contributed by atoms with Gasteiger partial charge in [-0.3, -0.25) is 4.79 Å². The molecule has 1 heterocycles. The Kier molecular flexibility index (Phi) is 4.35. The lowest BCUT2D eigenvalue weighted by atomic mass is 10.1. The summed E-state index contributed by atoms with van der Waals surface area (Å²) in [6.07, 6.45) is 9.49. The molecule has 0 aliphatic heterocycles. The molecule has 0 saturated carbocycles. The highest BCUT2D eigenvalue weighted by Crippen LogP contribution is 2.18. The average molecular weight is 241 g/mol. The highest BCUT2D eigenvalue weighted by Gasteiger charge is 2.00. The highest BCUT2D eigenvalue weighted by molar-refractivity contribution is 5.97. The van der Waals surface area contributed by atoms with Crippen molar-refractivity contribution in [2.45, 2.75) is 32.6 Å². The molecule has 0 radical (unpaired) electrons. The molecule has 1 N–H and O–H groups in total. The second-order valence-electron chi connectivity index (χ2n) is 4.55. The minimum absolute atomic E-state index is 0.216. The second kappa shape index (κ2) is 6.20. The maximum absolute atomic E-state index is 11.7. The molecule has 0 amide bonds. The van der Waals surface area contributed by atoms with Gasteiger partial charge in [-0.25, -0.2) is 0 Å². The molecule has 2 heteroatoms. The van der Waals surface area contributed by atoms with Gasteiger partial charge in [-0.1, -0.05) is 38.0 Å². The van der Waals surface area contributed by atoms with E-state index in [1.54, 1.807) is 6.08 Å². The third-order valence-corrected chi connectivity index (χ3v) is 3.10. The Balaban J connectivity index is 2.02. The van der Waals surface area contributed by atoms with Crippen LogP contribution in [0.3, 0.4) is 0 Å². The Morgan fingerprint density at radius 3 is 2.94 bits per heavy atom. The standard InChI is InChI=1S/C16H19NO/c1-2-3-4-7-14(18)11-10-13-12-17-16-9-6-5-8-15(13)16/h5-6,8-12,17H,2-4,7H2,1H3/b11-10+. The number of hydrogen-bond donors (Lipinski definition) is 1. The van der Waals surface area contributed by atoms with Crippen LogP contribution in [-0.4, -0.2) is 10.8 Å². The molecule has 18 heavy (non-hydrogen) atoms. The molecule has 0 unspecified atom stereocenters. The predicted octanol–water partition coefficient (Wildman–Crippen LogP) is 4.33. The number of unbranched alkanes of at least 4 members (excludes halogenated alkanes) is 2. The monoisotopic (exact) mass is 241 g/mol. The first-order chi connectivity index (χ1) is 8.81. The summed E-state index contributed by atoms with van der Waals surface area (Å²) in [4.78, 5) is 14.9. The summed E-state index contributed by atoms with van der Waals surface area (Å²) in [5.74, 6) is 0.216. The number of allylic oxidation sites excluding steroid dienone is 1. The number of fused-ring (bicyclic) bond motifs is 1. The summed E-state index contributed by atoms with van der Waals surface area (Å²) >= 11 is 0. The highest BCUT2D eigenvalue weighted by atomic mass is 16.1. The van der Waals surface area contributed by atoms with Crippen LogP contribution in [0.2, 0.25) is 0 Å². The van der Waals surface area contributed by atoms with E-state index in [1.165, 1.54) is 0 Å². The minimum atomic E-state index is 0.216. The van der Waals surface area contributed by atoms with Crippen molar-refractivity contribution in [2.24, 2.45) is 0 Å². The van der Waals surface area contributed by atoms with Crippen molar-refractivity contribution >= 4 is 22.8 Å². The van der Waals surface area contributed by atoms with Gasteiger partial charge in [0, 0.05) is 23.5 Å². The number of aromatic amines is 1. The van der Waals surface area contributed by atoms with Crippen LogP contribution in [0.15, 0.2) is 36.5 Å². The van der Waals surface area contributed by atoms with Crippen molar-refractivity contribution in [1.82, 2.24) is 4.98 Å². The van der Waals surface area contributed by atoms with Gasteiger partial charge < -0.3 is 4.98 Å². The number of H-pyrrole nitrogens is 1. The topological polar surface area (TPSA) is 32.9 Å². The zero-order valence-electron chi connectivity index (χ0n) is 10.8. The van der Waals surface area contributed by atoms with Gasteiger partial charge in [0.1, 0.15) is 0 Å². The van der Waals surface area contributed by atoms with Gasteiger partial charge in [0.25, 0.3) is 0 Å². The molecular formula is C16H19NO. The number of hydrogen-bond acceptors (Lipinski definition) is 1. The minimum Gasteiger partial charge on any atom is -0.361 e. The van der Waals surface area contributed by atoms with Crippen molar-refractivity contribution in [3.05, 3.63) is 42.1 Å². The van der Waals surface area contributed by atoms with Gasteiger partial charge in [-0.2, -0.15) is 0 Å². The van der Waals surface area contributed by atoms with Crippen LogP contribution in [-0.2, 0) is 4.79 Å². The lowest BCUT2D eigenvalue weighted by Gasteiger charge is -1.94. The first-order valence-corrected chi connectivity index (χ1v) is 6.58. The third-order valence-electron chi connectivity index (χ3n) is 3.10. The van der Waals surface area contributed by atoms with Crippen LogP contribution in [0.4, 0.5) is 0 Å². The SMILES string of the molecule is CCCCCC(=O)/C=C/c1c[nH]c2ccccc12. The number of aromatic nitrogens is 1. The van der Waals surface area contributed by atoms with Crippen molar-refractivity contribution in [2.75, 3.05) is 0 Å². The Morgan fingerprint density at radius 1 is 1.28 bits per heavy atom. The number of para-hydroxylation sites is 1. The fourth-order valence-corrected chi connectivity index (χ4v) is 2.05. The van der Waals surface area contributed by atoms with Crippen LogP contribution in [0.5, 0.6) is 0 Å². The molecule has 0 spiro atoms. The van der Waals surface area contributed by atoms with Crippen LogP contribution >= 0.6 is 0 Å². The fraction of sp³-hybridized carbons (Fsp3) is 0.312. The number of benzene rings is 1. The molecule has 0 atom stereocenters. The van der Waals surface area contributed by atoms with Crippen molar-refractivity contribution in [3.63, 3.8) is 0 Å². The average Bonchev–Trinajstić information content (AvgIpc) is 2.80. The quantitative estimate of drug-likeness (QED) is 0.592. The first-order valence-electron chi connectivity index (χ1n) is 6.58. The molecule has 2 aromatic rings. The van der Waals surface area contributed by atoms with E-state index in [0.29, 0.717) is 6.42 Å². The number of ketones is 1. The lowest BCUT2D eigenvalue weighted by molar-refractivity contribution is -0.114. The molecule has 0 aliphatic rings. The van der Waals surface area contributed by atoms with E-state index in [0.717, 1.165) is 35.7 Å². The van der Waals surface area contributed by atoms with Crippen molar-refractivity contribution in [3.8, 4) is 0 Å². The molecule has 0 fully saturated rings. The molecule has 94 valence electrons. The van der Waals surface area contributed by atoms with Crippen LogP contribution in [0, 0.1) is 0 Å². The predicted molar refractivity (Wildman–Crippen MR) is 76.5 cm³/mol. The van der Waals surface area contributed by atoms with E-state index in [4.69, 9.17) is 0 Å². The summed E-state index contributed by atoms with van der Waals surface area (Å²) < 4.78 is 0. The van der Waals surface area contributed by atoms with E-state index >= 15 is 0 Å². The van der Waals surface area contributed by atoms with Gasteiger partial charge in [-0.15, -0.1) is 0 Å². The van der Waals surface area contributed by atoms with Crippen LogP contribution in [0.25, 0.3) is 17.0 Å². The number of rotatable bonds is 6. The molecule has 0 aliphatic carbocycles. The van der Waals surface area contributed by atoms with Crippen LogP contribution < -0.4 is 0 Å². The molecule has 2 nitrogen and oxygen atoms in total. The number of carbonyl (C=O) groups excluding carboxylic acids is 1. The Bertz CT molecular complexity index is 551. The molecule has 0 bridgehead atoms. The van der Waals surface area contributed by atoms with Crippen molar-refractivity contribution < 1.29 is 4.79 Å². The van der Waals surface area contributed by atoms with Crippen molar-refractivity contribution in [1.29, 1.82) is 0 Å². The first kappa shape index (κ1) is 12.6. The summed E-state index contributed by atoms with van der Waals surface area (Å²) in [6.45, 7) is 2.15. The number of carbonyl (C=O) groups is 1.